The Balaban J connectivity index is 2.28. The van der Waals surface area contributed by atoms with Crippen molar-refractivity contribution in [1.82, 2.24) is 10.4 Å². The first-order chi connectivity index (χ1) is 7.81. The number of aliphatic imine (C=N–C) groups is 1. The summed E-state index contributed by atoms with van der Waals surface area (Å²) in [6.45, 7) is 0. The molecule has 0 atom stereocenters. The van der Waals surface area contributed by atoms with Gasteiger partial charge in [-0.05, 0) is 12.8 Å². The number of rotatable bonds is 2. The zero-order valence-electron chi connectivity index (χ0n) is 9.07. The van der Waals surface area contributed by atoms with Crippen molar-refractivity contribution in [3.63, 3.8) is 0 Å². The number of hydrogen-bond donors (Lipinski definition) is 3. The number of hydrazine groups is 1. The number of nitrogens with one attached hydrogen (secondary N) is 2. The number of aromatic amines is 1. The monoisotopic (exact) mass is 220 g/mol. The summed E-state index contributed by atoms with van der Waals surface area (Å²) in [5.74, 6) is 5.90. The Morgan fingerprint density at radius 1 is 1.50 bits per heavy atom. The maximum absolute atomic E-state index is 11.6. The average Bonchev–Trinajstić information content (AvgIpc) is 2.80. The molecule has 5 heteroatoms. The van der Waals surface area contributed by atoms with Gasteiger partial charge in [-0.25, -0.2) is 5.84 Å². The van der Waals surface area contributed by atoms with Gasteiger partial charge < -0.3 is 10.4 Å². The van der Waals surface area contributed by atoms with Crippen LogP contribution in [0.4, 0.5) is 0 Å². The number of H-pyrrole nitrogens is 1. The molecule has 5 nitrogen and oxygen atoms in total. The molecule has 0 bridgehead atoms. The molecule has 0 unspecified atom stereocenters. The number of aromatic nitrogens is 1. The molecule has 2 rings (SSSR count). The van der Waals surface area contributed by atoms with Gasteiger partial charge in [-0.15, -0.1) is 0 Å². The van der Waals surface area contributed by atoms with E-state index in [9.17, 15) is 4.79 Å². The number of nitrogens with zero attached hydrogens (tertiary/aromatic N) is 1. The second-order valence-corrected chi connectivity index (χ2v) is 3.98. The quantitative estimate of drug-likeness (QED) is 0.294. The molecular weight excluding hydrogens is 204 g/mol. The summed E-state index contributed by atoms with van der Waals surface area (Å²) in [5.41, 5.74) is 2.94. The summed E-state index contributed by atoms with van der Waals surface area (Å²) < 4.78 is 0. The van der Waals surface area contributed by atoms with Crippen LogP contribution < -0.4 is 16.7 Å². The van der Waals surface area contributed by atoms with Crippen LogP contribution >= 0.6 is 0 Å². The van der Waals surface area contributed by atoms with Crippen LogP contribution in [0.25, 0.3) is 0 Å². The molecular formula is C11H16N4O. The van der Waals surface area contributed by atoms with Crippen molar-refractivity contribution < 1.29 is 0 Å². The third kappa shape index (κ3) is 2.30. The van der Waals surface area contributed by atoms with E-state index in [0.717, 1.165) is 12.8 Å². The van der Waals surface area contributed by atoms with Gasteiger partial charge in [-0.1, -0.05) is 12.8 Å². The molecule has 1 heterocycles. The smallest absolute Gasteiger partial charge is 0.192 e. The van der Waals surface area contributed by atoms with Gasteiger partial charge in [-0.2, -0.15) is 0 Å². The van der Waals surface area contributed by atoms with Crippen LogP contribution in [0, 0.1) is 0 Å². The lowest BCUT2D eigenvalue weighted by molar-refractivity contribution is 0.700. The summed E-state index contributed by atoms with van der Waals surface area (Å²) >= 11 is 0. The van der Waals surface area contributed by atoms with Crippen LogP contribution in [0.2, 0.25) is 0 Å². The van der Waals surface area contributed by atoms with Crippen molar-refractivity contribution in [3.05, 3.63) is 34.2 Å². The minimum absolute atomic E-state index is 0.0755. The van der Waals surface area contributed by atoms with Gasteiger partial charge in [0.05, 0.1) is 11.6 Å². The van der Waals surface area contributed by atoms with Crippen molar-refractivity contribution in [1.29, 1.82) is 0 Å². The molecule has 1 aromatic rings. The number of hydrogen-bond acceptors (Lipinski definition) is 3. The highest BCUT2D eigenvalue weighted by molar-refractivity contribution is 5.98. The summed E-state index contributed by atoms with van der Waals surface area (Å²) in [6, 6.07) is 1.77. The number of amidine groups is 1. The maximum Gasteiger partial charge on any atom is 0.192 e. The standard InChI is InChI=1S/C11H16N4O/c12-15-11(14-8-3-1-2-4-8)9-7-13-6-5-10(9)16/h5-8H,1-4,12H2,(H,13,16)(H,14,15). The first-order valence-corrected chi connectivity index (χ1v) is 5.53. The van der Waals surface area contributed by atoms with Gasteiger partial charge in [-0.3, -0.25) is 9.79 Å². The van der Waals surface area contributed by atoms with Gasteiger partial charge in [0.2, 0.25) is 0 Å². The SMILES string of the molecule is NNC(=NC1CCCC1)c1c[nH]ccc1=O. The highest BCUT2D eigenvalue weighted by Crippen LogP contribution is 2.21. The second-order valence-electron chi connectivity index (χ2n) is 3.98. The fourth-order valence-corrected chi connectivity index (χ4v) is 2.00. The third-order valence-electron chi connectivity index (χ3n) is 2.85. The normalized spacial score (nSPS) is 17.7. The molecule has 0 saturated heterocycles. The lowest BCUT2D eigenvalue weighted by Gasteiger charge is -2.08. The van der Waals surface area contributed by atoms with E-state index in [4.69, 9.17) is 5.84 Å². The van der Waals surface area contributed by atoms with Crippen LogP contribution in [0.1, 0.15) is 31.2 Å². The molecule has 1 aliphatic carbocycles. The van der Waals surface area contributed by atoms with Gasteiger partial charge in [0.1, 0.15) is 5.84 Å². The Bertz CT molecular complexity index is 432. The van der Waals surface area contributed by atoms with Gasteiger partial charge in [0.25, 0.3) is 0 Å². The first kappa shape index (κ1) is 10.9. The topological polar surface area (TPSA) is 83.3 Å². The second kappa shape index (κ2) is 4.94. The Morgan fingerprint density at radius 3 is 2.88 bits per heavy atom. The Hall–Kier alpha value is -1.62. The predicted octanol–water partition coefficient (Wildman–Crippen LogP) is 0.527. The molecule has 0 aliphatic heterocycles. The molecule has 86 valence electrons. The minimum Gasteiger partial charge on any atom is -0.367 e. The zero-order chi connectivity index (χ0) is 11.4. The molecule has 1 aromatic heterocycles. The summed E-state index contributed by atoms with van der Waals surface area (Å²) in [5, 5.41) is 0. The van der Waals surface area contributed by atoms with Crippen LogP contribution in [0.5, 0.6) is 0 Å². The molecule has 0 aromatic carbocycles. The van der Waals surface area contributed by atoms with Gasteiger partial charge >= 0.3 is 0 Å². The van der Waals surface area contributed by atoms with E-state index in [1.54, 1.807) is 12.4 Å². The highest BCUT2D eigenvalue weighted by Gasteiger charge is 2.15. The Morgan fingerprint density at radius 2 is 2.25 bits per heavy atom. The fraction of sp³-hybridized carbons (Fsp3) is 0.455. The van der Waals surface area contributed by atoms with E-state index in [-0.39, 0.29) is 5.43 Å². The van der Waals surface area contributed by atoms with E-state index in [0.29, 0.717) is 17.4 Å². The van der Waals surface area contributed by atoms with Crippen molar-refractivity contribution in [2.75, 3.05) is 0 Å². The number of pyridine rings is 1. The van der Waals surface area contributed by atoms with Gasteiger partial charge in [0.15, 0.2) is 5.43 Å². The molecule has 1 saturated carbocycles. The van der Waals surface area contributed by atoms with E-state index >= 15 is 0 Å². The largest absolute Gasteiger partial charge is 0.367 e. The van der Waals surface area contributed by atoms with Crippen molar-refractivity contribution in [2.45, 2.75) is 31.7 Å². The predicted molar refractivity (Wildman–Crippen MR) is 63.2 cm³/mol. The van der Waals surface area contributed by atoms with Crippen LogP contribution in [0.3, 0.4) is 0 Å². The van der Waals surface area contributed by atoms with Crippen molar-refractivity contribution in [3.8, 4) is 0 Å². The van der Waals surface area contributed by atoms with Crippen LogP contribution in [-0.4, -0.2) is 16.9 Å². The third-order valence-corrected chi connectivity index (χ3v) is 2.85. The molecule has 0 amide bonds. The molecule has 4 N–H and O–H groups in total. The summed E-state index contributed by atoms with van der Waals surface area (Å²) in [7, 11) is 0. The fourth-order valence-electron chi connectivity index (χ4n) is 2.00. The number of nitrogens with two attached hydrogens (primary N) is 1. The van der Waals surface area contributed by atoms with Crippen molar-refractivity contribution >= 4 is 5.84 Å². The van der Waals surface area contributed by atoms with E-state index in [1.165, 1.54) is 18.9 Å². The molecule has 0 radical (unpaired) electrons. The Kier molecular flexibility index (Phi) is 3.36. The van der Waals surface area contributed by atoms with Crippen LogP contribution in [-0.2, 0) is 0 Å². The first-order valence-electron chi connectivity index (χ1n) is 5.53. The van der Waals surface area contributed by atoms with Gasteiger partial charge in [0, 0.05) is 18.5 Å². The van der Waals surface area contributed by atoms with E-state index in [1.807, 2.05) is 0 Å². The highest BCUT2D eigenvalue weighted by atomic mass is 16.1. The minimum atomic E-state index is -0.0755. The summed E-state index contributed by atoms with van der Waals surface area (Å²) in [6.07, 6.45) is 7.78. The van der Waals surface area contributed by atoms with E-state index < -0.39 is 0 Å². The summed E-state index contributed by atoms with van der Waals surface area (Å²) in [4.78, 5) is 18.9. The Labute approximate surface area is 93.8 Å². The lowest BCUT2D eigenvalue weighted by atomic mass is 10.2. The molecule has 16 heavy (non-hydrogen) atoms. The lowest BCUT2D eigenvalue weighted by Crippen LogP contribution is -2.35. The van der Waals surface area contributed by atoms with Crippen LogP contribution in [0.15, 0.2) is 28.2 Å². The average molecular weight is 220 g/mol. The zero-order valence-corrected chi connectivity index (χ0v) is 9.07. The molecule has 1 aliphatic rings. The maximum atomic E-state index is 11.6. The van der Waals surface area contributed by atoms with Crippen molar-refractivity contribution in [2.24, 2.45) is 10.8 Å². The molecule has 0 spiro atoms. The molecule has 1 fully saturated rings. The van der Waals surface area contributed by atoms with E-state index in [2.05, 4.69) is 15.4 Å².